The van der Waals surface area contributed by atoms with E-state index in [4.69, 9.17) is 0 Å². The van der Waals surface area contributed by atoms with Crippen LogP contribution < -0.4 is 5.32 Å². The minimum absolute atomic E-state index is 0. The van der Waals surface area contributed by atoms with Gasteiger partial charge in [-0.25, -0.2) is 4.79 Å². The Balaban J connectivity index is 0.00000280. The Morgan fingerprint density at radius 3 is 1.82 bits per heavy atom. The van der Waals surface area contributed by atoms with Gasteiger partial charge in [0.25, 0.3) is 5.91 Å². The summed E-state index contributed by atoms with van der Waals surface area (Å²) in [6.45, 7) is 8.52. The van der Waals surface area contributed by atoms with Gasteiger partial charge < -0.3 is 10.2 Å². The molecule has 1 saturated heterocycles. The Labute approximate surface area is 173 Å². The number of hydrogen-bond donors (Lipinski definition) is 1. The van der Waals surface area contributed by atoms with E-state index in [-0.39, 0.29) is 30.4 Å². The van der Waals surface area contributed by atoms with Crippen molar-refractivity contribution in [2.24, 2.45) is 0 Å². The van der Waals surface area contributed by atoms with Gasteiger partial charge in [-0.2, -0.15) is 0 Å². The Morgan fingerprint density at radius 1 is 0.929 bits per heavy atom. The maximum absolute atomic E-state index is 13.7. The largest absolute Gasteiger partial charge is 0.325 e. The Morgan fingerprint density at radius 2 is 1.39 bits per heavy atom. The van der Waals surface area contributed by atoms with Gasteiger partial charge in [0.2, 0.25) is 0 Å². The molecular formula is C22H28ClN3O2. The fourth-order valence-corrected chi connectivity index (χ4v) is 3.82. The first kappa shape index (κ1) is 21.9. The molecular weight excluding hydrogens is 374 g/mol. The normalized spacial score (nSPS) is 16.6. The van der Waals surface area contributed by atoms with E-state index >= 15 is 0 Å². The second-order valence-electron chi connectivity index (χ2n) is 6.92. The third-order valence-electron chi connectivity index (χ3n) is 5.32. The predicted octanol–water partition coefficient (Wildman–Crippen LogP) is 3.63. The van der Waals surface area contributed by atoms with Crippen molar-refractivity contribution >= 4 is 24.3 Å². The molecule has 3 rings (SSSR count). The lowest BCUT2D eigenvalue weighted by Gasteiger charge is -2.30. The van der Waals surface area contributed by atoms with Crippen molar-refractivity contribution in [2.75, 3.05) is 19.6 Å². The van der Waals surface area contributed by atoms with Gasteiger partial charge in [0.15, 0.2) is 5.54 Å². The SMILES string of the molecule is CCN(CC)CC(C)N1C(=O)NC(c2ccccc2)(c2ccccc2)C1=O.Cl. The van der Waals surface area contributed by atoms with E-state index in [2.05, 4.69) is 24.1 Å². The Bertz CT molecular complexity index is 754. The van der Waals surface area contributed by atoms with Crippen molar-refractivity contribution in [2.45, 2.75) is 32.4 Å². The number of halogens is 1. The van der Waals surface area contributed by atoms with Crippen molar-refractivity contribution in [3.63, 3.8) is 0 Å². The highest BCUT2D eigenvalue weighted by molar-refractivity contribution is 6.09. The summed E-state index contributed by atoms with van der Waals surface area (Å²) in [6.07, 6.45) is 0. The molecule has 1 unspecified atom stereocenters. The number of imide groups is 1. The second kappa shape index (κ2) is 9.22. The number of carbonyl (C=O) groups excluding carboxylic acids is 2. The molecule has 1 atom stereocenters. The fraction of sp³-hybridized carbons (Fsp3) is 0.364. The lowest BCUT2D eigenvalue weighted by atomic mass is 9.82. The summed E-state index contributed by atoms with van der Waals surface area (Å²) in [5.41, 5.74) is 0.357. The van der Waals surface area contributed by atoms with Crippen molar-refractivity contribution in [3.8, 4) is 0 Å². The second-order valence-corrected chi connectivity index (χ2v) is 6.92. The highest BCUT2D eigenvalue weighted by atomic mass is 35.5. The molecule has 1 N–H and O–H groups in total. The minimum Gasteiger partial charge on any atom is -0.315 e. The lowest BCUT2D eigenvalue weighted by molar-refractivity contribution is -0.131. The third kappa shape index (κ3) is 3.77. The number of rotatable bonds is 7. The van der Waals surface area contributed by atoms with Crippen LogP contribution >= 0.6 is 12.4 Å². The molecule has 3 amide bonds. The molecule has 1 aliphatic rings. The van der Waals surface area contributed by atoms with Gasteiger partial charge in [-0.3, -0.25) is 9.69 Å². The van der Waals surface area contributed by atoms with Crippen molar-refractivity contribution in [3.05, 3.63) is 71.8 Å². The van der Waals surface area contributed by atoms with E-state index in [1.54, 1.807) is 0 Å². The summed E-state index contributed by atoms with van der Waals surface area (Å²) in [5.74, 6) is -0.218. The zero-order valence-electron chi connectivity index (χ0n) is 16.6. The van der Waals surface area contributed by atoms with Crippen molar-refractivity contribution < 1.29 is 9.59 Å². The molecule has 0 bridgehead atoms. The summed E-state index contributed by atoms with van der Waals surface area (Å²) in [5, 5.41) is 3.01. The first-order chi connectivity index (χ1) is 13.0. The van der Waals surface area contributed by atoms with Crippen LogP contribution in [0.3, 0.4) is 0 Å². The molecule has 1 heterocycles. The van der Waals surface area contributed by atoms with Crippen LogP contribution in [0.25, 0.3) is 0 Å². The molecule has 5 nitrogen and oxygen atoms in total. The molecule has 2 aromatic carbocycles. The maximum Gasteiger partial charge on any atom is 0.325 e. The molecule has 0 saturated carbocycles. The molecule has 2 aromatic rings. The number of hydrogen-bond acceptors (Lipinski definition) is 3. The Kier molecular flexibility index (Phi) is 7.22. The number of likely N-dealkylation sites (N-methyl/N-ethyl adjacent to an activating group) is 1. The average molecular weight is 402 g/mol. The number of amides is 3. The summed E-state index contributed by atoms with van der Waals surface area (Å²) in [6, 6.07) is 18.4. The predicted molar refractivity (Wildman–Crippen MR) is 114 cm³/mol. The first-order valence-corrected chi connectivity index (χ1v) is 9.53. The van der Waals surface area contributed by atoms with Crippen molar-refractivity contribution in [1.29, 1.82) is 0 Å². The molecule has 0 aliphatic carbocycles. The number of nitrogens with one attached hydrogen (secondary N) is 1. The van der Waals surface area contributed by atoms with Gasteiger partial charge in [0.05, 0.1) is 6.04 Å². The summed E-state index contributed by atoms with van der Waals surface area (Å²) in [7, 11) is 0. The number of carbonyl (C=O) groups is 2. The zero-order chi connectivity index (χ0) is 19.4. The monoisotopic (exact) mass is 401 g/mol. The zero-order valence-corrected chi connectivity index (χ0v) is 17.4. The van der Waals surface area contributed by atoms with Gasteiger partial charge in [-0.15, -0.1) is 12.4 Å². The Hall–Kier alpha value is -2.37. The molecule has 0 aromatic heterocycles. The molecule has 0 spiro atoms. The third-order valence-corrected chi connectivity index (χ3v) is 5.32. The summed E-state index contributed by atoms with van der Waals surface area (Å²) >= 11 is 0. The van der Waals surface area contributed by atoms with Crippen LogP contribution in [0.2, 0.25) is 0 Å². The topological polar surface area (TPSA) is 52.6 Å². The van der Waals surface area contributed by atoms with Crippen LogP contribution in [0.4, 0.5) is 4.79 Å². The lowest BCUT2D eigenvalue weighted by Crippen LogP contribution is -2.48. The first-order valence-electron chi connectivity index (χ1n) is 9.53. The fourth-order valence-electron chi connectivity index (χ4n) is 3.82. The van der Waals surface area contributed by atoms with Crippen LogP contribution in [0.1, 0.15) is 31.9 Å². The number of benzene rings is 2. The number of urea groups is 1. The molecule has 28 heavy (non-hydrogen) atoms. The molecule has 1 aliphatic heterocycles. The van der Waals surface area contributed by atoms with Gasteiger partial charge in [-0.1, -0.05) is 74.5 Å². The van der Waals surface area contributed by atoms with E-state index < -0.39 is 5.54 Å². The summed E-state index contributed by atoms with van der Waals surface area (Å²) in [4.78, 5) is 30.2. The number of nitrogens with zero attached hydrogens (tertiary/aromatic N) is 2. The highest BCUT2D eigenvalue weighted by Gasteiger charge is 2.54. The van der Waals surface area contributed by atoms with Crippen LogP contribution in [0.15, 0.2) is 60.7 Å². The van der Waals surface area contributed by atoms with Crippen LogP contribution in [0, 0.1) is 0 Å². The van der Waals surface area contributed by atoms with Gasteiger partial charge in [0.1, 0.15) is 0 Å². The van der Waals surface area contributed by atoms with E-state index in [1.807, 2.05) is 67.6 Å². The quantitative estimate of drug-likeness (QED) is 0.721. The minimum atomic E-state index is -1.18. The molecule has 150 valence electrons. The van der Waals surface area contributed by atoms with E-state index in [1.165, 1.54) is 4.90 Å². The van der Waals surface area contributed by atoms with E-state index in [9.17, 15) is 9.59 Å². The molecule has 0 radical (unpaired) electrons. The van der Waals surface area contributed by atoms with Gasteiger partial charge in [0, 0.05) is 6.54 Å². The molecule has 1 fully saturated rings. The average Bonchev–Trinajstić information content (AvgIpc) is 2.98. The standard InChI is InChI=1S/C22H27N3O2.ClH/c1-4-24(5-2)16-17(3)25-20(26)22(23-21(25)27,18-12-8-6-9-13-18)19-14-10-7-11-15-19;/h6-15,17H,4-5,16H2,1-3H3,(H,23,27);1H. The van der Waals surface area contributed by atoms with Crippen LogP contribution in [-0.2, 0) is 10.3 Å². The maximum atomic E-state index is 13.7. The van der Waals surface area contributed by atoms with Gasteiger partial charge >= 0.3 is 6.03 Å². The van der Waals surface area contributed by atoms with Crippen LogP contribution in [0.5, 0.6) is 0 Å². The molecule has 6 heteroatoms. The van der Waals surface area contributed by atoms with Crippen molar-refractivity contribution in [1.82, 2.24) is 15.1 Å². The van der Waals surface area contributed by atoms with E-state index in [0.717, 1.165) is 24.2 Å². The summed E-state index contributed by atoms with van der Waals surface area (Å²) < 4.78 is 0. The van der Waals surface area contributed by atoms with Gasteiger partial charge in [-0.05, 0) is 31.1 Å². The van der Waals surface area contributed by atoms with Crippen LogP contribution in [-0.4, -0.2) is 47.4 Å². The highest BCUT2D eigenvalue weighted by Crippen LogP contribution is 2.36. The van der Waals surface area contributed by atoms with E-state index in [0.29, 0.717) is 6.54 Å². The smallest absolute Gasteiger partial charge is 0.315 e.